The lowest BCUT2D eigenvalue weighted by atomic mass is 10.4. The van der Waals surface area contributed by atoms with Gasteiger partial charge in [-0.05, 0) is 32.4 Å². The second-order valence-corrected chi connectivity index (χ2v) is 6.27. The summed E-state index contributed by atoms with van der Waals surface area (Å²) in [5.74, 6) is 1.68. The number of rotatable bonds is 9. The lowest BCUT2D eigenvalue weighted by molar-refractivity contribution is 0.105. The summed E-state index contributed by atoms with van der Waals surface area (Å²) in [5.41, 5.74) is 0. The average Bonchev–Trinajstić information content (AvgIpc) is 3.19. The molecule has 0 amide bonds. The quantitative estimate of drug-likeness (QED) is 0.258. The molecule has 0 aliphatic rings. The first-order valence-electron chi connectivity index (χ1n) is 7.81. The van der Waals surface area contributed by atoms with Gasteiger partial charge in [-0.25, -0.2) is 9.98 Å². The molecule has 0 unspecified atom stereocenters. The van der Waals surface area contributed by atoms with Crippen molar-refractivity contribution in [1.29, 1.82) is 0 Å². The highest BCUT2D eigenvalue weighted by Gasteiger charge is 2.00. The zero-order valence-electron chi connectivity index (χ0n) is 14.1. The molecule has 2 N–H and O–H groups in total. The summed E-state index contributed by atoms with van der Waals surface area (Å²) in [6, 6.07) is 3.78. The van der Waals surface area contributed by atoms with Crippen molar-refractivity contribution in [2.45, 2.75) is 33.4 Å². The Morgan fingerprint density at radius 1 is 1.42 bits per heavy atom. The first-order valence-corrected chi connectivity index (χ1v) is 8.63. The molecule has 0 bridgehead atoms. The van der Waals surface area contributed by atoms with Crippen LogP contribution in [-0.4, -0.2) is 30.6 Å². The van der Waals surface area contributed by atoms with Crippen molar-refractivity contribution in [3.63, 3.8) is 0 Å². The Kier molecular flexibility index (Phi) is 10.7. The van der Waals surface area contributed by atoms with Gasteiger partial charge < -0.3 is 19.8 Å². The van der Waals surface area contributed by atoms with Crippen molar-refractivity contribution < 1.29 is 9.15 Å². The number of hydrogen-bond acceptors (Lipinski definition) is 5. The Hall–Kier alpha value is -1.13. The summed E-state index contributed by atoms with van der Waals surface area (Å²) in [6.45, 7) is 7.56. The first-order chi connectivity index (χ1) is 11.3. The first kappa shape index (κ1) is 20.9. The number of nitrogens with zero attached hydrogens (tertiary/aromatic N) is 2. The van der Waals surface area contributed by atoms with Crippen molar-refractivity contribution in [2.24, 2.45) is 4.99 Å². The van der Waals surface area contributed by atoms with Gasteiger partial charge in [0, 0.05) is 30.8 Å². The fourth-order valence-corrected chi connectivity index (χ4v) is 2.64. The molecule has 2 rings (SSSR count). The van der Waals surface area contributed by atoms with Gasteiger partial charge in [0.05, 0.1) is 17.8 Å². The van der Waals surface area contributed by atoms with E-state index >= 15 is 0 Å². The maximum Gasteiger partial charge on any atom is 0.191 e. The molecule has 2 aromatic rings. The number of thiazole rings is 1. The predicted octanol–water partition coefficient (Wildman–Crippen LogP) is 3.32. The fourth-order valence-electron chi connectivity index (χ4n) is 1.93. The number of ether oxygens (including phenoxy) is 1. The molecule has 0 saturated heterocycles. The van der Waals surface area contributed by atoms with Crippen LogP contribution in [0, 0.1) is 6.92 Å². The molecule has 6 nitrogen and oxygen atoms in total. The van der Waals surface area contributed by atoms with Gasteiger partial charge in [-0.3, -0.25) is 0 Å². The molecule has 0 atom stereocenters. The molecule has 0 aromatic carbocycles. The van der Waals surface area contributed by atoms with Crippen LogP contribution in [0.3, 0.4) is 0 Å². The lowest BCUT2D eigenvalue weighted by Gasteiger charge is -2.11. The van der Waals surface area contributed by atoms with E-state index in [1.807, 2.05) is 25.3 Å². The van der Waals surface area contributed by atoms with Crippen LogP contribution < -0.4 is 10.6 Å². The normalized spacial score (nSPS) is 11.2. The monoisotopic (exact) mass is 464 g/mol. The Labute approximate surface area is 164 Å². The average molecular weight is 464 g/mol. The molecule has 8 heteroatoms. The fraction of sp³-hybridized carbons (Fsp3) is 0.500. The summed E-state index contributed by atoms with van der Waals surface area (Å²) in [7, 11) is 0. The second kappa shape index (κ2) is 12.3. The van der Waals surface area contributed by atoms with Gasteiger partial charge in [0.2, 0.25) is 0 Å². The number of halogens is 1. The summed E-state index contributed by atoms with van der Waals surface area (Å²) in [4.78, 5) is 9.97. The number of aliphatic imine (C=N–C) groups is 1. The third kappa shape index (κ3) is 8.11. The minimum atomic E-state index is 0. The van der Waals surface area contributed by atoms with Gasteiger partial charge in [-0.1, -0.05) is 0 Å². The second-order valence-electron chi connectivity index (χ2n) is 4.95. The van der Waals surface area contributed by atoms with E-state index in [9.17, 15) is 0 Å². The predicted molar refractivity (Wildman–Crippen MR) is 108 cm³/mol. The molecule has 0 aliphatic carbocycles. The van der Waals surface area contributed by atoms with Gasteiger partial charge in [-0.2, -0.15) is 0 Å². The van der Waals surface area contributed by atoms with Crippen LogP contribution in [0.2, 0.25) is 0 Å². The number of hydrogen-bond donors (Lipinski definition) is 2. The molecule has 2 aromatic heterocycles. The molecule has 0 aliphatic heterocycles. The van der Waals surface area contributed by atoms with E-state index in [1.165, 1.54) is 4.88 Å². The number of guanidine groups is 1. The van der Waals surface area contributed by atoms with Gasteiger partial charge in [-0.15, -0.1) is 35.3 Å². The number of aryl methyl sites for hydroxylation is 1. The van der Waals surface area contributed by atoms with Crippen LogP contribution in [0.15, 0.2) is 34.0 Å². The van der Waals surface area contributed by atoms with Gasteiger partial charge in [0.25, 0.3) is 0 Å². The van der Waals surface area contributed by atoms with E-state index in [1.54, 1.807) is 17.6 Å². The Morgan fingerprint density at radius 2 is 2.29 bits per heavy atom. The summed E-state index contributed by atoms with van der Waals surface area (Å²) in [6.07, 6.45) is 4.45. The molecule has 0 radical (unpaired) electrons. The van der Waals surface area contributed by atoms with Crippen molar-refractivity contribution in [1.82, 2.24) is 15.6 Å². The minimum absolute atomic E-state index is 0. The van der Waals surface area contributed by atoms with Crippen LogP contribution in [0.1, 0.15) is 29.0 Å². The number of furan rings is 1. The van der Waals surface area contributed by atoms with Gasteiger partial charge in [0.1, 0.15) is 12.4 Å². The topological polar surface area (TPSA) is 71.7 Å². The van der Waals surface area contributed by atoms with Crippen LogP contribution in [0.4, 0.5) is 0 Å². The standard InChI is InChI=1S/C16H24N4O2S.HI/c1-3-17-16(20-11-15-10-19-13(2)23-15)18-7-5-8-21-12-14-6-4-9-22-14;/h4,6,9-10H,3,5,7-8,11-12H2,1-2H3,(H2,17,18,20);1H. The Balaban J connectivity index is 0.00000288. The van der Waals surface area contributed by atoms with E-state index in [0.29, 0.717) is 19.8 Å². The smallest absolute Gasteiger partial charge is 0.191 e. The Morgan fingerprint density at radius 3 is 2.96 bits per heavy atom. The van der Waals surface area contributed by atoms with Crippen LogP contribution in [0.25, 0.3) is 0 Å². The van der Waals surface area contributed by atoms with E-state index in [4.69, 9.17) is 9.15 Å². The zero-order chi connectivity index (χ0) is 16.3. The maximum absolute atomic E-state index is 5.55. The molecule has 2 heterocycles. The summed E-state index contributed by atoms with van der Waals surface area (Å²) in [5, 5.41) is 7.62. The van der Waals surface area contributed by atoms with Crippen molar-refractivity contribution in [3.8, 4) is 0 Å². The third-order valence-corrected chi connectivity index (χ3v) is 3.89. The van der Waals surface area contributed by atoms with Crippen molar-refractivity contribution in [2.75, 3.05) is 19.7 Å². The molecule has 24 heavy (non-hydrogen) atoms. The van der Waals surface area contributed by atoms with Crippen LogP contribution >= 0.6 is 35.3 Å². The van der Waals surface area contributed by atoms with E-state index in [-0.39, 0.29) is 24.0 Å². The third-order valence-electron chi connectivity index (χ3n) is 2.99. The van der Waals surface area contributed by atoms with E-state index in [2.05, 4.69) is 27.5 Å². The number of nitrogens with one attached hydrogen (secondary N) is 2. The largest absolute Gasteiger partial charge is 0.467 e. The highest BCUT2D eigenvalue weighted by Crippen LogP contribution is 2.12. The summed E-state index contributed by atoms with van der Waals surface area (Å²) >= 11 is 1.68. The van der Waals surface area contributed by atoms with Gasteiger partial charge >= 0.3 is 0 Å². The molecule has 0 spiro atoms. The molecule has 0 fully saturated rings. The highest BCUT2D eigenvalue weighted by molar-refractivity contribution is 14.0. The number of aromatic nitrogens is 1. The van der Waals surface area contributed by atoms with E-state index in [0.717, 1.165) is 36.2 Å². The van der Waals surface area contributed by atoms with Crippen LogP contribution in [0.5, 0.6) is 0 Å². The lowest BCUT2D eigenvalue weighted by Crippen LogP contribution is -2.38. The van der Waals surface area contributed by atoms with Crippen LogP contribution in [-0.2, 0) is 17.9 Å². The SMILES string of the molecule is CCNC(=NCc1cnc(C)s1)NCCCOCc1ccco1.I. The van der Waals surface area contributed by atoms with Gasteiger partial charge in [0.15, 0.2) is 5.96 Å². The molecular weight excluding hydrogens is 439 g/mol. The Bertz CT molecular complexity index is 587. The summed E-state index contributed by atoms with van der Waals surface area (Å²) < 4.78 is 10.8. The maximum atomic E-state index is 5.55. The molecule has 0 saturated carbocycles. The van der Waals surface area contributed by atoms with Crippen molar-refractivity contribution >= 4 is 41.3 Å². The molecular formula is C16H25IN4O2S. The molecule has 134 valence electrons. The highest BCUT2D eigenvalue weighted by atomic mass is 127. The van der Waals surface area contributed by atoms with Crippen molar-refractivity contribution in [3.05, 3.63) is 40.2 Å². The van der Waals surface area contributed by atoms with E-state index < -0.39 is 0 Å². The minimum Gasteiger partial charge on any atom is -0.467 e. The zero-order valence-corrected chi connectivity index (χ0v) is 17.2.